The fourth-order valence-electron chi connectivity index (χ4n) is 2.87. The third kappa shape index (κ3) is 4.32. The molecule has 3 rings (SSSR count). The lowest BCUT2D eigenvalue weighted by atomic mass is 10.00. The van der Waals surface area contributed by atoms with Crippen LogP contribution in [-0.2, 0) is 16.1 Å². The predicted molar refractivity (Wildman–Crippen MR) is 110 cm³/mol. The Labute approximate surface area is 174 Å². The molecule has 1 aliphatic rings. The fourth-order valence-corrected chi connectivity index (χ4v) is 2.87. The Kier molecular flexibility index (Phi) is 6.15. The van der Waals surface area contributed by atoms with Crippen molar-refractivity contribution in [1.82, 2.24) is 10.3 Å². The van der Waals surface area contributed by atoms with Crippen LogP contribution in [0.1, 0.15) is 41.8 Å². The second kappa shape index (κ2) is 8.77. The number of urea groups is 1. The Hall–Kier alpha value is -3.68. The molecule has 8 nitrogen and oxygen atoms in total. The summed E-state index contributed by atoms with van der Waals surface area (Å²) in [4.78, 5) is 36.0. The Morgan fingerprint density at radius 1 is 1.17 bits per heavy atom. The molecule has 0 aliphatic carbocycles. The summed E-state index contributed by atoms with van der Waals surface area (Å²) in [6.07, 6.45) is 1.90. The van der Waals surface area contributed by atoms with E-state index in [2.05, 4.69) is 15.2 Å². The third-order valence-electron chi connectivity index (χ3n) is 4.95. The third-order valence-corrected chi connectivity index (χ3v) is 4.95. The minimum absolute atomic E-state index is 0.267. The molecule has 3 amide bonds. The van der Waals surface area contributed by atoms with E-state index in [-0.39, 0.29) is 6.61 Å². The molecule has 8 heteroatoms. The summed E-state index contributed by atoms with van der Waals surface area (Å²) in [7, 11) is 1.33. The first kappa shape index (κ1) is 21.0. The van der Waals surface area contributed by atoms with E-state index in [1.807, 2.05) is 13.0 Å². The number of carbonyl (C=O) groups excluding carboxylic acids is 3. The minimum atomic E-state index is -0.944. The van der Waals surface area contributed by atoms with E-state index >= 15 is 0 Å². The standard InChI is InChI=1S/C22H23N3O5/c1-4-22(2)20(27)25(21(28)24-22)23-13-17-7-5-6-8-18(17)30-14-15-9-11-16(12-10-15)19(26)29-3/h5-13H,4,14H2,1-3H3,(H,24,28)/b23-13+. The number of hydrazone groups is 1. The number of rotatable bonds is 7. The molecule has 2 aromatic rings. The van der Waals surface area contributed by atoms with Crippen molar-refractivity contribution in [2.24, 2.45) is 5.10 Å². The summed E-state index contributed by atoms with van der Waals surface area (Å²) in [5.41, 5.74) is 0.999. The van der Waals surface area contributed by atoms with Crippen LogP contribution in [0.4, 0.5) is 4.79 Å². The molecule has 1 heterocycles. The van der Waals surface area contributed by atoms with Crippen molar-refractivity contribution >= 4 is 24.1 Å². The van der Waals surface area contributed by atoms with Crippen molar-refractivity contribution < 1.29 is 23.9 Å². The number of nitrogens with one attached hydrogen (secondary N) is 1. The van der Waals surface area contributed by atoms with Gasteiger partial charge in [0, 0.05) is 5.56 Å². The van der Waals surface area contributed by atoms with Gasteiger partial charge in [-0.25, -0.2) is 9.59 Å². The highest BCUT2D eigenvalue weighted by atomic mass is 16.5. The molecule has 1 N–H and O–H groups in total. The molecular formula is C22H23N3O5. The van der Waals surface area contributed by atoms with Gasteiger partial charge in [0.05, 0.1) is 18.9 Å². The second-order valence-corrected chi connectivity index (χ2v) is 6.99. The normalized spacial score (nSPS) is 18.6. The van der Waals surface area contributed by atoms with E-state index in [0.717, 1.165) is 10.6 Å². The maximum Gasteiger partial charge on any atom is 0.346 e. The molecule has 156 valence electrons. The highest BCUT2D eigenvalue weighted by Gasteiger charge is 2.46. The van der Waals surface area contributed by atoms with Gasteiger partial charge in [0.15, 0.2) is 0 Å². The first-order valence-corrected chi connectivity index (χ1v) is 9.47. The Bertz CT molecular complexity index is 987. The molecule has 0 saturated carbocycles. The SMILES string of the molecule is CCC1(C)NC(=O)N(/N=C/c2ccccc2OCc2ccc(C(=O)OC)cc2)C1=O. The molecule has 0 spiro atoms. The summed E-state index contributed by atoms with van der Waals surface area (Å²) >= 11 is 0. The first-order valence-electron chi connectivity index (χ1n) is 9.47. The zero-order valence-electron chi connectivity index (χ0n) is 17.0. The van der Waals surface area contributed by atoms with Crippen LogP contribution in [0.25, 0.3) is 0 Å². The van der Waals surface area contributed by atoms with Gasteiger partial charge in [-0.2, -0.15) is 5.10 Å². The topological polar surface area (TPSA) is 97.3 Å². The summed E-state index contributed by atoms with van der Waals surface area (Å²) in [6, 6.07) is 13.5. The van der Waals surface area contributed by atoms with E-state index < -0.39 is 23.4 Å². The molecule has 0 bridgehead atoms. The van der Waals surface area contributed by atoms with Crippen LogP contribution in [0.15, 0.2) is 53.6 Å². The largest absolute Gasteiger partial charge is 0.488 e. The lowest BCUT2D eigenvalue weighted by Gasteiger charge is -2.17. The van der Waals surface area contributed by atoms with Crippen molar-refractivity contribution in [1.29, 1.82) is 0 Å². The van der Waals surface area contributed by atoms with Gasteiger partial charge < -0.3 is 14.8 Å². The Morgan fingerprint density at radius 3 is 2.50 bits per heavy atom. The van der Waals surface area contributed by atoms with Crippen LogP contribution in [0.3, 0.4) is 0 Å². The number of amides is 3. The van der Waals surface area contributed by atoms with E-state index in [1.54, 1.807) is 49.4 Å². The number of imide groups is 1. The number of esters is 1. The maximum absolute atomic E-state index is 12.4. The zero-order chi connectivity index (χ0) is 21.7. The molecule has 30 heavy (non-hydrogen) atoms. The summed E-state index contributed by atoms with van der Waals surface area (Å²) in [6.45, 7) is 3.76. The fraction of sp³-hybridized carbons (Fsp3) is 0.273. The molecule has 1 atom stereocenters. The van der Waals surface area contributed by atoms with E-state index in [0.29, 0.717) is 23.3 Å². The molecule has 1 fully saturated rings. The molecule has 0 aromatic heterocycles. The van der Waals surface area contributed by atoms with Gasteiger partial charge >= 0.3 is 12.0 Å². The van der Waals surface area contributed by atoms with Crippen LogP contribution in [0, 0.1) is 0 Å². The quantitative estimate of drug-likeness (QED) is 0.431. The minimum Gasteiger partial charge on any atom is -0.488 e. The number of nitrogens with zero attached hydrogens (tertiary/aromatic N) is 2. The number of methoxy groups -OCH3 is 1. The van der Waals surface area contributed by atoms with Gasteiger partial charge in [-0.3, -0.25) is 4.79 Å². The van der Waals surface area contributed by atoms with E-state index in [9.17, 15) is 14.4 Å². The van der Waals surface area contributed by atoms with Crippen molar-refractivity contribution in [2.45, 2.75) is 32.4 Å². The monoisotopic (exact) mass is 409 g/mol. The van der Waals surface area contributed by atoms with Crippen LogP contribution in [-0.4, -0.2) is 41.8 Å². The highest BCUT2D eigenvalue weighted by Crippen LogP contribution is 2.22. The molecule has 1 aliphatic heterocycles. The highest BCUT2D eigenvalue weighted by molar-refractivity contribution is 6.07. The van der Waals surface area contributed by atoms with E-state index in [1.165, 1.54) is 13.3 Å². The van der Waals surface area contributed by atoms with Crippen molar-refractivity contribution in [3.05, 3.63) is 65.2 Å². The second-order valence-electron chi connectivity index (χ2n) is 6.99. The van der Waals surface area contributed by atoms with Crippen molar-refractivity contribution in [3.8, 4) is 5.75 Å². The molecule has 1 unspecified atom stereocenters. The Morgan fingerprint density at radius 2 is 1.87 bits per heavy atom. The summed E-state index contributed by atoms with van der Waals surface area (Å²) in [5, 5.41) is 7.56. The average Bonchev–Trinajstić information content (AvgIpc) is 2.99. The van der Waals surface area contributed by atoms with Crippen LogP contribution in [0.2, 0.25) is 0 Å². The maximum atomic E-state index is 12.4. The molecule has 0 radical (unpaired) electrons. The van der Waals surface area contributed by atoms with E-state index in [4.69, 9.17) is 4.74 Å². The summed E-state index contributed by atoms with van der Waals surface area (Å²) in [5.74, 6) is -0.248. The van der Waals surface area contributed by atoms with Gasteiger partial charge in [-0.1, -0.05) is 31.2 Å². The molecule has 1 saturated heterocycles. The summed E-state index contributed by atoms with van der Waals surface area (Å²) < 4.78 is 10.6. The number of ether oxygens (including phenoxy) is 2. The van der Waals surface area contributed by atoms with Gasteiger partial charge in [-0.05, 0) is 43.2 Å². The van der Waals surface area contributed by atoms with Crippen molar-refractivity contribution in [3.63, 3.8) is 0 Å². The predicted octanol–water partition coefficient (Wildman–Crippen LogP) is 3.11. The van der Waals surface area contributed by atoms with Crippen molar-refractivity contribution in [2.75, 3.05) is 7.11 Å². The van der Waals surface area contributed by atoms with Crippen LogP contribution >= 0.6 is 0 Å². The lowest BCUT2D eigenvalue weighted by Crippen LogP contribution is -2.42. The lowest BCUT2D eigenvalue weighted by molar-refractivity contribution is -0.130. The van der Waals surface area contributed by atoms with Gasteiger partial charge in [0.1, 0.15) is 17.9 Å². The number of hydrogen-bond acceptors (Lipinski definition) is 6. The number of hydrogen-bond donors (Lipinski definition) is 1. The zero-order valence-corrected chi connectivity index (χ0v) is 17.0. The van der Waals surface area contributed by atoms with Crippen LogP contribution in [0.5, 0.6) is 5.75 Å². The average molecular weight is 409 g/mol. The number of benzene rings is 2. The van der Waals surface area contributed by atoms with Gasteiger partial charge in [0.25, 0.3) is 5.91 Å². The molecular weight excluding hydrogens is 386 g/mol. The molecule has 2 aromatic carbocycles. The first-order chi connectivity index (χ1) is 14.4. The number of para-hydroxylation sites is 1. The Balaban J connectivity index is 1.71. The van der Waals surface area contributed by atoms with Gasteiger partial charge in [-0.15, -0.1) is 5.01 Å². The van der Waals surface area contributed by atoms with Crippen LogP contribution < -0.4 is 10.1 Å². The van der Waals surface area contributed by atoms with Gasteiger partial charge in [0.2, 0.25) is 0 Å². The number of carbonyl (C=O) groups is 3. The smallest absolute Gasteiger partial charge is 0.346 e.